The average Bonchev–Trinajstić information content (AvgIpc) is 2.97. The number of rotatable bonds is 3. The largest absolute Gasteiger partial charge is 0.391 e. The van der Waals surface area contributed by atoms with Gasteiger partial charge in [0.05, 0.1) is 18.8 Å². The summed E-state index contributed by atoms with van der Waals surface area (Å²) in [4.78, 5) is 14.0. The lowest BCUT2D eigenvalue weighted by atomic mass is 10.1. The maximum atomic E-state index is 12.4. The number of β-amino-alcohol motifs (C(OH)–C–C–N with tert-alkyl or cyclic N) is 1. The number of carbonyl (C=O) groups is 1. The molecule has 1 aliphatic rings. The number of likely N-dealkylation sites (tertiary alicyclic amines) is 1. The third kappa shape index (κ3) is 3.28. The Morgan fingerprint density at radius 3 is 3.00 bits per heavy atom. The molecule has 6 nitrogen and oxygen atoms in total. The molecule has 2 heterocycles. The summed E-state index contributed by atoms with van der Waals surface area (Å²) in [5.74, 6) is -0.191. The molecule has 7 heteroatoms. The van der Waals surface area contributed by atoms with E-state index >= 15 is 0 Å². The van der Waals surface area contributed by atoms with Crippen molar-refractivity contribution in [3.8, 4) is 0 Å². The lowest BCUT2D eigenvalue weighted by Crippen LogP contribution is -2.42. The van der Waals surface area contributed by atoms with Gasteiger partial charge in [0.15, 0.2) is 5.69 Å². The van der Waals surface area contributed by atoms with Crippen LogP contribution in [0.25, 0.3) is 0 Å². The van der Waals surface area contributed by atoms with Crippen LogP contribution in [0.15, 0.2) is 30.5 Å². The molecule has 1 atom stereocenters. The molecule has 1 aromatic heterocycles. The van der Waals surface area contributed by atoms with Gasteiger partial charge in [0.1, 0.15) is 0 Å². The van der Waals surface area contributed by atoms with E-state index in [1.165, 1.54) is 0 Å². The van der Waals surface area contributed by atoms with Gasteiger partial charge in [-0.15, -0.1) is 5.10 Å². The lowest BCUT2D eigenvalue weighted by molar-refractivity contribution is 0.0469. The Morgan fingerprint density at radius 2 is 2.23 bits per heavy atom. The number of hydrogen-bond acceptors (Lipinski definition) is 4. The number of nitrogens with zero attached hydrogens (tertiary/aromatic N) is 4. The second-order valence-electron chi connectivity index (χ2n) is 5.44. The molecule has 116 valence electrons. The van der Waals surface area contributed by atoms with E-state index in [0.717, 1.165) is 18.4 Å². The van der Waals surface area contributed by atoms with Gasteiger partial charge < -0.3 is 10.0 Å². The Labute approximate surface area is 133 Å². The minimum atomic E-state index is -0.448. The zero-order valence-electron chi connectivity index (χ0n) is 12.0. The molecule has 0 radical (unpaired) electrons. The quantitative estimate of drug-likeness (QED) is 0.932. The number of aromatic nitrogens is 3. The molecular formula is C15H17ClN4O2. The second kappa shape index (κ2) is 6.46. The van der Waals surface area contributed by atoms with Crippen LogP contribution >= 0.6 is 11.6 Å². The molecule has 0 saturated carbocycles. The van der Waals surface area contributed by atoms with Crippen LogP contribution in [0.5, 0.6) is 0 Å². The minimum absolute atomic E-state index is 0.191. The summed E-state index contributed by atoms with van der Waals surface area (Å²) in [6, 6.07) is 7.49. The average molecular weight is 321 g/mol. The van der Waals surface area contributed by atoms with E-state index in [1.54, 1.807) is 15.8 Å². The zero-order valence-corrected chi connectivity index (χ0v) is 12.8. The van der Waals surface area contributed by atoms with Crippen molar-refractivity contribution < 1.29 is 9.90 Å². The number of aliphatic hydroxyl groups is 1. The molecule has 1 fully saturated rings. The molecule has 1 unspecified atom stereocenters. The Morgan fingerprint density at radius 1 is 1.41 bits per heavy atom. The van der Waals surface area contributed by atoms with Crippen molar-refractivity contribution >= 4 is 17.5 Å². The Hall–Kier alpha value is -1.92. The predicted molar refractivity (Wildman–Crippen MR) is 81.7 cm³/mol. The monoisotopic (exact) mass is 320 g/mol. The summed E-state index contributed by atoms with van der Waals surface area (Å²) >= 11 is 6.12. The molecule has 22 heavy (non-hydrogen) atoms. The topological polar surface area (TPSA) is 71.2 Å². The van der Waals surface area contributed by atoms with Gasteiger partial charge in [-0.05, 0) is 24.5 Å². The van der Waals surface area contributed by atoms with Crippen molar-refractivity contribution in [3.05, 3.63) is 46.7 Å². The van der Waals surface area contributed by atoms with Crippen LogP contribution in [-0.4, -0.2) is 50.1 Å². The van der Waals surface area contributed by atoms with Crippen LogP contribution in [0.2, 0.25) is 5.02 Å². The van der Waals surface area contributed by atoms with Crippen molar-refractivity contribution in [1.29, 1.82) is 0 Å². The molecule has 1 saturated heterocycles. The maximum Gasteiger partial charge on any atom is 0.276 e. The lowest BCUT2D eigenvalue weighted by Gasteiger charge is -2.29. The highest BCUT2D eigenvalue weighted by molar-refractivity contribution is 6.31. The predicted octanol–water partition coefficient (Wildman–Crippen LogP) is 1.58. The standard InChI is InChI=1S/C15H17ClN4O2/c16-13-6-2-1-4-11(13)8-20-10-14(17-18-20)15(22)19-7-3-5-12(21)9-19/h1-2,4,6,10,12,21H,3,5,7-9H2. The molecule has 3 rings (SSSR count). The zero-order chi connectivity index (χ0) is 15.5. The van der Waals surface area contributed by atoms with E-state index in [9.17, 15) is 9.90 Å². The van der Waals surface area contributed by atoms with Crippen molar-refractivity contribution in [2.24, 2.45) is 0 Å². The molecule has 0 spiro atoms. The van der Waals surface area contributed by atoms with E-state index < -0.39 is 6.10 Å². The smallest absolute Gasteiger partial charge is 0.276 e. The molecule has 1 aromatic carbocycles. The number of carbonyl (C=O) groups excluding carboxylic acids is 1. The highest BCUT2D eigenvalue weighted by atomic mass is 35.5. The summed E-state index contributed by atoms with van der Waals surface area (Å²) in [6.45, 7) is 1.46. The Bertz CT molecular complexity index is 673. The first-order chi connectivity index (χ1) is 10.6. The third-order valence-electron chi connectivity index (χ3n) is 3.73. The minimum Gasteiger partial charge on any atom is -0.391 e. The fourth-order valence-corrected chi connectivity index (χ4v) is 2.77. The number of aliphatic hydroxyl groups excluding tert-OH is 1. The van der Waals surface area contributed by atoms with Crippen molar-refractivity contribution in [3.63, 3.8) is 0 Å². The third-order valence-corrected chi connectivity index (χ3v) is 4.10. The van der Waals surface area contributed by atoms with Crippen molar-refractivity contribution in [1.82, 2.24) is 19.9 Å². The van der Waals surface area contributed by atoms with E-state index in [2.05, 4.69) is 10.3 Å². The first kappa shape index (κ1) is 15.0. The molecule has 1 N–H and O–H groups in total. The van der Waals surface area contributed by atoms with Gasteiger partial charge in [-0.3, -0.25) is 4.79 Å². The van der Waals surface area contributed by atoms with E-state index in [0.29, 0.717) is 30.4 Å². The molecule has 1 aliphatic heterocycles. The fourth-order valence-electron chi connectivity index (χ4n) is 2.58. The molecular weight excluding hydrogens is 304 g/mol. The van der Waals surface area contributed by atoms with Crippen LogP contribution in [0.1, 0.15) is 28.9 Å². The number of amides is 1. The van der Waals surface area contributed by atoms with Crippen LogP contribution in [0.3, 0.4) is 0 Å². The summed E-state index contributed by atoms with van der Waals surface area (Å²) in [7, 11) is 0. The highest BCUT2D eigenvalue weighted by Gasteiger charge is 2.24. The van der Waals surface area contributed by atoms with Gasteiger partial charge in [-0.25, -0.2) is 4.68 Å². The van der Waals surface area contributed by atoms with Crippen LogP contribution in [0, 0.1) is 0 Å². The highest BCUT2D eigenvalue weighted by Crippen LogP contribution is 2.16. The fraction of sp³-hybridized carbons (Fsp3) is 0.400. The molecule has 0 aliphatic carbocycles. The second-order valence-corrected chi connectivity index (χ2v) is 5.85. The van der Waals surface area contributed by atoms with Gasteiger partial charge >= 0.3 is 0 Å². The first-order valence-electron chi connectivity index (χ1n) is 7.24. The van der Waals surface area contributed by atoms with Crippen LogP contribution in [-0.2, 0) is 6.54 Å². The van der Waals surface area contributed by atoms with Gasteiger partial charge in [-0.1, -0.05) is 35.0 Å². The summed E-state index contributed by atoms with van der Waals surface area (Å²) in [6.07, 6.45) is 2.71. The van der Waals surface area contributed by atoms with E-state index in [4.69, 9.17) is 11.6 Å². The van der Waals surface area contributed by atoms with Gasteiger partial charge in [0.25, 0.3) is 5.91 Å². The number of halogens is 1. The summed E-state index contributed by atoms with van der Waals surface area (Å²) in [5, 5.41) is 18.2. The summed E-state index contributed by atoms with van der Waals surface area (Å²) in [5.41, 5.74) is 1.21. The van der Waals surface area contributed by atoms with Crippen molar-refractivity contribution in [2.75, 3.05) is 13.1 Å². The molecule has 1 amide bonds. The molecule has 2 aromatic rings. The van der Waals surface area contributed by atoms with Crippen LogP contribution in [0.4, 0.5) is 0 Å². The number of benzene rings is 1. The number of piperidine rings is 1. The molecule has 0 bridgehead atoms. The maximum absolute atomic E-state index is 12.4. The summed E-state index contributed by atoms with van der Waals surface area (Å²) < 4.78 is 1.59. The Balaban J connectivity index is 1.71. The van der Waals surface area contributed by atoms with E-state index in [1.807, 2.05) is 24.3 Å². The van der Waals surface area contributed by atoms with E-state index in [-0.39, 0.29) is 5.91 Å². The first-order valence-corrected chi connectivity index (χ1v) is 7.62. The normalized spacial score (nSPS) is 18.5. The number of hydrogen-bond donors (Lipinski definition) is 1. The van der Waals surface area contributed by atoms with Gasteiger partial charge in [-0.2, -0.15) is 0 Å². The van der Waals surface area contributed by atoms with Crippen LogP contribution < -0.4 is 0 Å². The van der Waals surface area contributed by atoms with Crippen molar-refractivity contribution in [2.45, 2.75) is 25.5 Å². The Kier molecular flexibility index (Phi) is 4.40. The SMILES string of the molecule is O=C(c1cn(Cc2ccccc2Cl)nn1)N1CCCC(O)C1. The van der Waals surface area contributed by atoms with Gasteiger partial charge in [0.2, 0.25) is 0 Å². The van der Waals surface area contributed by atoms with Gasteiger partial charge in [0, 0.05) is 18.1 Å².